The minimum Gasteiger partial charge on any atom is -0.462 e. The lowest BCUT2D eigenvalue weighted by Gasteiger charge is -2.09. The Bertz CT molecular complexity index is 988. The van der Waals surface area contributed by atoms with Gasteiger partial charge in [-0.25, -0.2) is 4.98 Å². The molecule has 2 aromatic heterocycles. The molecular weight excluding hydrogens is 320 g/mol. The summed E-state index contributed by atoms with van der Waals surface area (Å²) in [5, 5.41) is 4.81. The summed E-state index contributed by atoms with van der Waals surface area (Å²) >= 11 is 0. The van der Waals surface area contributed by atoms with Crippen molar-refractivity contribution in [3.8, 4) is 0 Å². The van der Waals surface area contributed by atoms with Gasteiger partial charge in [0.25, 0.3) is 5.56 Å². The molecule has 0 aliphatic heterocycles. The van der Waals surface area contributed by atoms with Crippen molar-refractivity contribution in [1.29, 1.82) is 0 Å². The van der Waals surface area contributed by atoms with Gasteiger partial charge in [0.1, 0.15) is 13.2 Å². The molecule has 1 aromatic carbocycles. The lowest BCUT2D eigenvalue weighted by Crippen LogP contribution is -2.26. The third-order valence-corrected chi connectivity index (χ3v) is 4.02. The minimum absolute atomic E-state index is 0.160. The summed E-state index contributed by atoms with van der Waals surface area (Å²) in [5.41, 5.74) is 3.27. The number of benzene rings is 1. The number of carbonyl (C=O) groups excluding carboxylic acids is 1. The van der Waals surface area contributed by atoms with E-state index < -0.39 is 5.97 Å². The number of para-hydroxylation sites is 1. The molecule has 2 heterocycles. The summed E-state index contributed by atoms with van der Waals surface area (Å²) in [7, 11) is 0. The Balaban J connectivity index is 1.65. The maximum Gasteiger partial charge on any atom is 0.326 e. The Morgan fingerprint density at radius 2 is 2.04 bits per heavy atom. The standard InChI is InChI=1S/C18H20N4O3/c1-12-5-4-6-15-17(12)19-11-21(18(15)24)10-16(23)25-8-7-22-14(3)9-13(2)20-22/h4-6,9,11H,7-8,10H2,1-3H3. The first-order chi connectivity index (χ1) is 12.0. The van der Waals surface area contributed by atoms with Crippen LogP contribution in [0.2, 0.25) is 0 Å². The Kier molecular flexibility index (Phi) is 4.65. The fraction of sp³-hybridized carbons (Fsp3) is 0.333. The highest BCUT2D eigenvalue weighted by molar-refractivity contribution is 5.80. The van der Waals surface area contributed by atoms with Gasteiger partial charge in [0.2, 0.25) is 0 Å². The highest BCUT2D eigenvalue weighted by Gasteiger charge is 2.10. The molecule has 0 bridgehead atoms. The molecule has 3 aromatic rings. The van der Waals surface area contributed by atoms with E-state index in [2.05, 4.69) is 10.1 Å². The van der Waals surface area contributed by atoms with Crippen LogP contribution >= 0.6 is 0 Å². The highest BCUT2D eigenvalue weighted by atomic mass is 16.5. The molecule has 130 valence electrons. The van der Waals surface area contributed by atoms with E-state index in [0.29, 0.717) is 17.4 Å². The molecule has 0 N–H and O–H groups in total. The first-order valence-corrected chi connectivity index (χ1v) is 8.07. The second kappa shape index (κ2) is 6.88. The fourth-order valence-corrected chi connectivity index (χ4v) is 2.78. The number of hydrogen-bond donors (Lipinski definition) is 0. The fourth-order valence-electron chi connectivity index (χ4n) is 2.78. The van der Waals surface area contributed by atoms with E-state index in [1.807, 2.05) is 32.9 Å². The van der Waals surface area contributed by atoms with Crippen LogP contribution in [0.4, 0.5) is 0 Å². The monoisotopic (exact) mass is 340 g/mol. The molecule has 0 fully saturated rings. The van der Waals surface area contributed by atoms with E-state index in [-0.39, 0.29) is 18.7 Å². The number of fused-ring (bicyclic) bond motifs is 1. The Morgan fingerprint density at radius 3 is 2.76 bits per heavy atom. The van der Waals surface area contributed by atoms with Gasteiger partial charge in [0.15, 0.2) is 0 Å². The second-order valence-corrected chi connectivity index (χ2v) is 6.02. The van der Waals surface area contributed by atoms with Crippen LogP contribution in [0.15, 0.2) is 35.4 Å². The van der Waals surface area contributed by atoms with Gasteiger partial charge in [0, 0.05) is 5.69 Å². The average Bonchev–Trinajstić information content (AvgIpc) is 2.88. The summed E-state index contributed by atoms with van der Waals surface area (Å²) in [4.78, 5) is 28.7. The van der Waals surface area contributed by atoms with Crippen LogP contribution in [0.3, 0.4) is 0 Å². The van der Waals surface area contributed by atoms with Crippen molar-refractivity contribution in [2.45, 2.75) is 33.9 Å². The summed E-state index contributed by atoms with van der Waals surface area (Å²) in [6, 6.07) is 7.37. The number of nitrogens with zero attached hydrogens (tertiary/aromatic N) is 4. The van der Waals surface area contributed by atoms with E-state index in [9.17, 15) is 9.59 Å². The molecule has 0 aliphatic carbocycles. The van der Waals surface area contributed by atoms with Crippen molar-refractivity contribution >= 4 is 16.9 Å². The first-order valence-electron chi connectivity index (χ1n) is 8.07. The molecule has 0 saturated heterocycles. The number of aromatic nitrogens is 4. The van der Waals surface area contributed by atoms with Crippen molar-refractivity contribution in [1.82, 2.24) is 19.3 Å². The van der Waals surface area contributed by atoms with E-state index in [0.717, 1.165) is 17.0 Å². The molecule has 3 rings (SSSR count). The maximum absolute atomic E-state index is 12.5. The van der Waals surface area contributed by atoms with Gasteiger partial charge < -0.3 is 4.74 Å². The lowest BCUT2D eigenvalue weighted by atomic mass is 10.1. The van der Waals surface area contributed by atoms with Crippen LogP contribution in [0, 0.1) is 20.8 Å². The molecule has 0 spiro atoms. The first kappa shape index (κ1) is 16.9. The van der Waals surface area contributed by atoms with E-state index in [4.69, 9.17) is 4.74 Å². The van der Waals surface area contributed by atoms with Gasteiger partial charge >= 0.3 is 5.97 Å². The van der Waals surface area contributed by atoms with E-state index in [1.165, 1.54) is 10.9 Å². The third kappa shape index (κ3) is 3.60. The Hall–Kier alpha value is -2.96. The summed E-state index contributed by atoms with van der Waals surface area (Å²) in [6.45, 7) is 6.28. The largest absolute Gasteiger partial charge is 0.462 e. The van der Waals surface area contributed by atoms with Crippen LogP contribution < -0.4 is 5.56 Å². The number of ether oxygens (including phenoxy) is 1. The highest BCUT2D eigenvalue weighted by Crippen LogP contribution is 2.11. The van der Waals surface area contributed by atoms with Crippen molar-refractivity contribution in [3.05, 3.63) is 57.9 Å². The van der Waals surface area contributed by atoms with Crippen LogP contribution in [-0.4, -0.2) is 31.9 Å². The van der Waals surface area contributed by atoms with Crippen LogP contribution in [0.5, 0.6) is 0 Å². The topological polar surface area (TPSA) is 79.0 Å². The van der Waals surface area contributed by atoms with Gasteiger partial charge in [-0.3, -0.25) is 18.8 Å². The van der Waals surface area contributed by atoms with Gasteiger partial charge in [-0.2, -0.15) is 5.10 Å². The molecule has 0 amide bonds. The molecular formula is C18H20N4O3. The number of carbonyl (C=O) groups is 1. The molecule has 7 heteroatoms. The molecule has 7 nitrogen and oxygen atoms in total. The zero-order valence-electron chi connectivity index (χ0n) is 14.5. The van der Waals surface area contributed by atoms with E-state index >= 15 is 0 Å². The number of esters is 1. The number of hydrogen-bond acceptors (Lipinski definition) is 5. The smallest absolute Gasteiger partial charge is 0.326 e. The quantitative estimate of drug-likeness (QED) is 0.661. The van der Waals surface area contributed by atoms with Gasteiger partial charge in [-0.15, -0.1) is 0 Å². The number of rotatable bonds is 5. The van der Waals surface area contributed by atoms with Crippen molar-refractivity contribution in [2.75, 3.05) is 6.61 Å². The van der Waals surface area contributed by atoms with E-state index in [1.54, 1.807) is 16.8 Å². The summed E-state index contributed by atoms with van der Waals surface area (Å²) < 4.78 is 8.28. The Labute approximate surface area is 144 Å². The van der Waals surface area contributed by atoms with Gasteiger partial charge in [0.05, 0.1) is 29.5 Å². The van der Waals surface area contributed by atoms with Crippen LogP contribution in [0.1, 0.15) is 17.0 Å². The predicted octanol–water partition coefficient (Wildman–Crippen LogP) is 1.76. The molecule has 0 unspecified atom stereocenters. The molecule has 25 heavy (non-hydrogen) atoms. The number of aryl methyl sites for hydroxylation is 3. The zero-order valence-corrected chi connectivity index (χ0v) is 14.5. The van der Waals surface area contributed by atoms with Crippen molar-refractivity contribution in [3.63, 3.8) is 0 Å². The molecule has 0 radical (unpaired) electrons. The predicted molar refractivity (Wildman–Crippen MR) is 93.4 cm³/mol. The molecule has 0 saturated carbocycles. The van der Waals surface area contributed by atoms with Crippen molar-refractivity contribution < 1.29 is 9.53 Å². The second-order valence-electron chi connectivity index (χ2n) is 6.02. The maximum atomic E-state index is 12.5. The molecule has 0 atom stereocenters. The normalized spacial score (nSPS) is 11.0. The third-order valence-electron chi connectivity index (χ3n) is 4.02. The van der Waals surface area contributed by atoms with Crippen molar-refractivity contribution in [2.24, 2.45) is 0 Å². The summed E-state index contributed by atoms with van der Waals surface area (Å²) in [5.74, 6) is -0.475. The molecule has 0 aliphatic rings. The van der Waals surface area contributed by atoms with Gasteiger partial charge in [-0.05, 0) is 38.5 Å². The lowest BCUT2D eigenvalue weighted by molar-refractivity contribution is -0.144. The van der Waals surface area contributed by atoms with Crippen LogP contribution in [0.25, 0.3) is 10.9 Å². The van der Waals surface area contributed by atoms with Crippen LogP contribution in [-0.2, 0) is 22.6 Å². The minimum atomic E-state index is -0.475. The average molecular weight is 340 g/mol. The zero-order chi connectivity index (χ0) is 18.0. The Morgan fingerprint density at radius 1 is 1.24 bits per heavy atom. The summed E-state index contributed by atoms with van der Waals surface area (Å²) in [6.07, 6.45) is 1.39. The SMILES string of the molecule is Cc1cc(C)n(CCOC(=O)Cn2cnc3c(C)cccc3c2=O)n1. The van der Waals surface area contributed by atoms with Gasteiger partial charge in [-0.1, -0.05) is 12.1 Å².